The minimum Gasteiger partial charge on any atom is -0.476 e. The number of aliphatic carboxylic acids is 1. The summed E-state index contributed by atoms with van der Waals surface area (Å²) < 4.78 is 0.914. The fourth-order valence-corrected chi connectivity index (χ4v) is 2.70. The molecule has 1 aromatic heterocycles. The Bertz CT molecular complexity index is 606. The average molecular weight is 270 g/mol. The number of halogens is 1. The summed E-state index contributed by atoms with van der Waals surface area (Å²) in [5.41, 5.74) is 0.428. The van der Waals surface area contributed by atoms with E-state index in [0.29, 0.717) is 10.6 Å². The molecule has 1 N–H and O–H groups in total. The molecule has 0 saturated carbocycles. The van der Waals surface area contributed by atoms with Gasteiger partial charge >= 0.3 is 5.97 Å². The van der Waals surface area contributed by atoms with Crippen molar-refractivity contribution in [2.45, 2.75) is 0 Å². The molecule has 0 spiro atoms. The van der Waals surface area contributed by atoms with Gasteiger partial charge in [-0.3, -0.25) is 0 Å². The summed E-state index contributed by atoms with van der Waals surface area (Å²) in [7, 11) is 1.31. The Morgan fingerprint density at radius 2 is 2.29 bits per heavy atom. The molecule has 0 atom stereocenters. The predicted octanol–water partition coefficient (Wildman–Crippen LogP) is 2.99. The Hall–Kier alpha value is -1.59. The van der Waals surface area contributed by atoms with Gasteiger partial charge in [0.25, 0.3) is 0 Å². The third-order valence-corrected chi connectivity index (χ3v) is 3.36. The number of benzene rings is 1. The fourth-order valence-electron chi connectivity index (χ4n) is 1.48. The zero-order valence-corrected chi connectivity index (χ0v) is 10.4. The molecule has 0 fully saturated rings. The van der Waals surface area contributed by atoms with E-state index in [-0.39, 0.29) is 5.71 Å². The van der Waals surface area contributed by atoms with Gasteiger partial charge in [-0.2, -0.15) is 0 Å². The molecule has 2 aromatic rings. The highest BCUT2D eigenvalue weighted by Gasteiger charge is 2.18. The van der Waals surface area contributed by atoms with Gasteiger partial charge in [-0.25, -0.2) is 4.79 Å². The van der Waals surface area contributed by atoms with Crippen LogP contribution in [0.25, 0.3) is 10.1 Å². The standard InChI is InChI=1S/C11H8ClNO3S/c1-16-13-10(11(14)15)8-5-17-9-4-6(12)2-3-7(8)9/h2-5H,1H3,(H,14,15). The first-order valence-corrected chi connectivity index (χ1v) is 5.91. The van der Waals surface area contributed by atoms with Crippen LogP contribution in [0.1, 0.15) is 5.56 Å². The maximum Gasteiger partial charge on any atom is 0.358 e. The van der Waals surface area contributed by atoms with Gasteiger partial charge in [0, 0.05) is 26.1 Å². The maximum absolute atomic E-state index is 11.1. The molecule has 1 heterocycles. The molecule has 0 amide bonds. The van der Waals surface area contributed by atoms with Gasteiger partial charge in [-0.15, -0.1) is 11.3 Å². The van der Waals surface area contributed by atoms with E-state index in [0.717, 1.165) is 10.1 Å². The first kappa shape index (κ1) is 11.9. The van der Waals surface area contributed by atoms with Gasteiger partial charge in [0.1, 0.15) is 7.11 Å². The van der Waals surface area contributed by atoms with Crippen LogP contribution in [-0.4, -0.2) is 23.9 Å². The number of hydrogen-bond acceptors (Lipinski definition) is 4. The van der Waals surface area contributed by atoms with Crippen molar-refractivity contribution in [2.24, 2.45) is 5.16 Å². The molecule has 0 unspecified atom stereocenters. The Morgan fingerprint density at radius 3 is 2.94 bits per heavy atom. The van der Waals surface area contributed by atoms with Crippen molar-refractivity contribution >= 4 is 44.7 Å². The summed E-state index contributed by atoms with van der Waals surface area (Å²) in [4.78, 5) is 15.6. The van der Waals surface area contributed by atoms with E-state index in [1.54, 1.807) is 23.6 Å². The van der Waals surface area contributed by atoms with E-state index in [2.05, 4.69) is 9.99 Å². The highest BCUT2D eigenvalue weighted by atomic mass is 35.5. The Labute approximate surface area is 106 Å². The molecule has 0 radical (unpaired) electrons. The number of hydrogen-bond donors (Lipinski definition) is 1. The number of oxime groups is 1. The van der Waals surface area contributed by atoms with E-state index in [4.69, 9.17) is 16.7 Å². The van der Waals surface area contributed by atoms with Crippen LogP contribution in [0.15, 0.2) is 28.7 Å². The summed E-state index contributed by atoms with van der Waals surface area (Å²) >= 11 is 7.28. The van der Waals surface area contributed by atoms with Gasteiger partial charge in [-0.05, 0) is 12.1 Å². The lowest BCUT2D eigenvalue weighted by Gasteiger charge is -1.99. The molecule has 0 aliphatic rings. The first-order chi connectivity index (χ1) is 8.13. The van der Waals surface area contributed by atoms with E-state index >= 15 is 0 Å². The number of fused-ring (bicyclic) bond motifs is 1. The van der Waals surface area contributed by atoms with Crippen molar-refractivity contribution in [3.8, 4) is 0 Å². The zero-order chi connectivity index (χ0) is 12.4. The lowest BCUT2D eigenvalue weighted by atomic mass is 10.1. The Kier molecular flexibility index (Phi) is 3.31. The summed E-state index contributed by atoms with van der Waals surface area (Å²) in [5, 5.41) is 15.7. The van der Waals surface area contributed by atoms with Gasteiger partial charge in [0.15, 0.2) is 5.71 Å². The van der Waals surface area contributed by atoms with Crippen molar-refractivity contribution < 1.29 is 14.7 Å². The molecule has 0 saturated heterocycles. The van der Waals surface area contributed by atoms with Crippen LogP contribution in [0.3, 0.4) is 0 Å². The topological polar surface area (TPSA) is 58.9 Å². The number of nitrogens with zero attached hydrogens (tertiary/aromatic N) is 1. The van der Waals surface area contributed by atoms with Crippen molar-refractivity contribution in [1.29, 1.82) is 0 Å². The van der Waals surface area contributed by atoms with Crippen LogP contribution in [0.5, 0.6) is 0 Å². The van der Waals surface area contributed by atoms with Gasteiger partial charge in [0.05, 0.1) is 0 Å². The van der Waals surface area contributed by atoms with E-state index in [1.807, 2.05) is 0 Å². The molecule has 0 aliphatic carbocycles. The molecule has 17 heavy (non-hydrogen) atoms. The van der Waals surface area contributed by atoms with Crippen LogP contribution in [0.4, 0.5) is 0 Å². The molecule has 0 aliphatic heterocycles. The van der Waals surface area contributed by atoms with E-state index < -0.39 is 5.97 Å². The molecular weight excluding hydrogens is 262 g/mol. The molecule has 2 rings (SSSR count). The van der Waals surface area contributed by atoms with Crippen LogP contribution in [0.2, 0.25) is 5.02 Å². The lowest BCUT2D eigenvalue weighted by molar-refractivity contribution is -0.129. The number of carbonyl (C=O) groups is 1. The second kappa shape index (κ2) is 4.73. The van der Waals surface area contributed by atoms with E-state index in [9.17, 15) is 4.79 Å². The second-order valence-electron chi connectivity index (χ2n) is 3.22. The largest absolute Gasteiger partial charge is 0.476 e. The number of thiophene rings is 1. The Balaban J connectivity index is 2.62. The summed E-state index contributed by atoms with van der Waals surface area (Å²) in [5.74, 6) is -1.12. The lowest BCUT2D eigenvalue weighted by Crippen LogP contribution is -2.14. The highest BCUT2D eigenvalue weighted by Crippen LogP contribution is 2.29. The third-order valence-electron chi connectivity index (χ3n) is 2.18. The van der Waals surface area contributed by atoms with Crippen molar-refractivity contribution in [3.05, 3.63) is 34.2 Å². The quantitative estimate of drug-likeness (QED) is 0.688. The number of rotatable bonds is 3. The third kappa shape index (κ3) is 2.25. The molecule has 0 bridgehead atoms. The first-order valence-electron chi connectivity index (χ1n) is 4.65. The van der Waals surface area contributed by atoms with Gasteiger partial charge < -0.3 is 9.94 Å². The molecule has 4 nitrogen and oxygen atoms in total. The highest BCUT2D eigenvalue weighted by molar-refractivity contribution is 7.17. The van der Waals surface area contributed by atoms with Crippen molar-refractivity contribution in [1.82, 2.24) is 0 Å². The second-order valence-corrected chi connectivity index (χ2v) is 4.57. The minimum atomic E-state index is -1.12. The SMILES string of the molecule is CON=C(C(=O)O)c1csc2cc(Cl)ccc12. The van der Waals surface area contributed by atoms with Crippen LogP contribution in [-0.2, 0) is 9.63 Å². The van der Waals surface area contributed by atoms with Crippen LogP contribution < -0.4 is 0 Å². The zero-order valence-electron chi connectivity index (χ0n) is 8.81. The monoisotopic (exact) mass is 269 g/mol. The predicted molar refractivity (Wildman–Crippen MR) is 68.0 cm³/mol. The summed E-state index contributed by atoms with van der Waals surface area (Å²) in [6.45, 7) is 0. The number of carboxylic acid groups (broad SMARTS) is 1. The minimum absolute atomic E-state index is 0.110. The molecule has 1 aromatic carbocycles. The summed E-state index contributed by atoms with van der Waals surface area (Å²) in [6, 6.07) is 5.28. The van der Waals surface area contributed by atoms with E-state index in [1.165, 1.54) is 18.4 Å². The van der Waals surface area contributed by atoms with Crippen molar-refractivity contribution in [2.75, 3.05) is 7.11 Å². The normalized spacial score (nSPS) is 11.8. The molecular formula is C11H8ClNO3S. The molecule has 88 valence electrons. The van der Waals surface area contributed by atoms with Crippen molar-refractivity contribution in [3.63, 3.8) is 0 Å². The van der Waals surface area contributed by atoms with Crippen LogP contribution >= 0.6 is 22.9 Å². The maximum atomic E-state index is 11.1. The smallest absolute Gasteiger partial charge is 0.358 e. The Morgan fingerprint density at radius 1 is 1.53 bits per heavy atom. The summed E-state index contributed by atoms with van der Waals surface area (Å²) in [6.07, 6.45) is 0. The fraction of sp³-hybridized carbons (Fsp3) is 0.0909. The van der Waals surface area contributed by atoms with Gasteiger partial charge in [-0.1, -0.05) is 22.8 Å². The number of carboxylic acids is 1. The van der Waals surface area contributed by atoms with Crippen LogP contribution in [0, 0.1) is 0 Å². The molecule has 6 heteroatoms. The average Bonchev–Trinajstić information content (AvgIpc) is 2.68. The van der Waals surface area contributed by atoms with Gasteiger partial charge in [0.2, 0.25) is 0 Å².